The van der Waals surface area contributed by atoms with Crippen LogP contribution in [0, 0.1) is 19.8 Å². The smallest absolute Gasteiger partial charge is 0.225 e. The molecule has 2 aromatic rings. The first-order valence-corrected chi connectivity index (χ1v) is 8.29. The summed E-state index contributed by atoms with van der Waals surface area (Å²) < 4.78 is 5.54. The molecule has 0 aliphatic heterocycles. The number of benzene rings is 1. The number of carbonyl (C=O) groups excluding carboxylic acids is 1. The summed E-state index contributed by atoms with van der Waals surface area (Å²) in [6.45, 7) is 8.56. The third-order valence-electron chi connectivity index (χ3n) is 4.31. The van der Waals surface area contributed by atoms with Crippen LogP contribution in [0.15, 0.2) is 28.8 Å². The van der Waals surface area contributed by atoms with Crippen LogP contribution in [0.25, 0.3) is 11.3 Å². The second-order valence-corrected chi connectivity index (χ2v) is 6.85. The van der Waals surface area contributed by atoms with E-state index in [-0.39, 0.29) is 11.8 Å². The van der Waals surface area contributed by atoms with Gasteiger partial charge >= 0.3 is 0 Å². The van der Waals surface area contributed by atoms with E-state index in [0.717, 1.165) is 35.4 Å². The minimum Gasteiger partial charge on any atom is -0.356 e. The Hall–Kier alpha value is -2.10. The fourth-order valence-electron chi connectivity index (χ4n) is 2.79. The standard InChI is InChI=1S/C19H24N2O2/c1-12(2)19(22)21(16-7-8-16)11-15-10-18(23-20-15)17-9-13(3)5-6-14(17)4/h5-6,9-10,12,16H,7-8,11H2,1-4H3. The first-order chi connectivity index (χ1) is 11.0. The minimum absolute atomic E-state index is 0.0148. The number of amides is 1. The van der Waals surface area contributed by atoms with E-state index in [4.69, 9.17) is 4.52 Å². The third-order valence-corrected chi connectivity index (χ3v) is 4.31. The third kappa shape index (κ3) is 3.46. The van der Waals surface area contributed by atoms with Gasteiger partial charge in [0.1, 0.15) is 5.69 Å². The minimum atomic E-state index is 0.0148. The largest absolute Gasteiger partial charge is 0.356 e. The SMILES string of the molecule is Cc1ccc(C)c(-c2cc(CN(C(=O)C(C)C)C3CC3)no2)c1. The molecule has 1 aliphatic carbocycles. The van der Waals surface area contributed by atoms with Crippen molar-refractivity contribution in [2.24, 2.45) is 5.92 Å². The van der Waals surface area contributed by atoms with Crippen molar-refractivity contribution in [1.82, 2.24) is 10.1 Å². The van der Waals surface area contributed by atoms with Gasteiger partial charge in [-0.3, -0.25) is 4.79 Å². The van der Waals surface area contributed by atoms with Gasteiger partial charge in [0.2, 0.25) is 5.91 Å². The van der Waals surface area contributed by atoms with Crippen molar-refractivity contribution < 1.29 is 9.32 Å². The maximum atomic E-state index is 12.4. The molecule has 1 saturated carbocycles. The van der Waals surface area contributed by atoms with E-state index in [9.17, 15) is 4.79 Å². The molecule has 0 bridgehead atoms. The molecule has 1 aromatic heterocycles. The fraction of sp³-hybridized carbons (Fsp3) is 0.474. The first-order valence-electron chi connectivity index (χ1n) is 8.29. The summed E-state index contributed by atoms with van der Waals surface area (Å²) in [6, 6.07) is 8.63. The zero-order valence-electron chi connectivity index (χ0n) is 14.3. The summed E-state index contributed by atoms with van der Waals surface area (Å²) >= 11 is 0. The van der Waals surface area contributed by atoms with Gasteiger partial charge in [-0.1, -0.05) is 36.7 Å². The molecule has 1 fully saturated rings. The van der Waals surface area contributed by atoms with Gasteiger partial charge in [0.25, 0.3) is 0 Å². The normalized spacial score (nSPS) is 14.3. The summed E-state index contributed by atoms with van der Waals surface area (Å²) in [5.41, 5.74) is 4.24. The van der Waals surface area contributed by atoms with Crippen molar-refractivity contribution in [3.63, 3.8) is 0 Å². The highest BCUT2D eigenvalue weighted by Gasteiger charge is 2.34. The molecule has 122 valence electrons. The van der Waals surface area contributed by atoms with E-state index in [0.29, 0.717) is 12.6 Å². The molecule has 1 amide bonds. The van der Waals surface area contributed by atoms with E-state index >= 15 is 0 Å². The van der Waals surface area contributed by atoms with Crippen LogP contribution in [0.4, 0.5) is 0 Å². The zero-order valence-corrected chi connectivity index (χ0v) is 14.3. The van der Waals surface area contributed by atoms with E-state index in [1.54, 1.807) is 0 Å². The molecule has 1 aliphatic rings. The number of nitrogens with zero attached hydrogens (tertiary/aromatic N) is 2. The van der Waals surface area contributed by atoms with Gasteiger partial charge in [-0.05, 0) is 38.3 Å². The van der Waals surface area contributed by atoms with Crippen LogP contribution in [0.2, 0.25) is 0 Å². The van der Waals surface area contributed by atoms with Crippen molar-refractivity contribution in [3.8, 4) is 11.3 Å². The average molecular weight is 312 g/mol. The summed E-state index contributed by atoms with van der Waals surface area (Å²) in [5, 5.41) is 4.19. The van der Waals surface area contributed by atoms with Crippen LogP contribution >= 0.6 is 0 Å². The number of rotatable bonds is 5. The molecule has 0 saturated heterocycles. The lowest BCUT2D eigenvalue weighted by Crippen LogP contribution is -2.35. The topological polar surface area (TPSA) is 46.3 Å². The van der Waals surface area contributed by atoms with Crippen LogP contribution in [-0.2, 0) is 11.3 Å². The van der Waals surface area contributed by atoms with Gasteiger partial charge in [-0.25, -0.2) is 0 Å². The number of hydrogen-bond donors (Lipinski definition) is 0. The van der Waals surface area contributed by atoms with Crippen LogP contribution in [0.3, 0.4) is 0 Å². The zero-order chi connectivity index (χ0) is 16.6. The molecule has 23 heavy (non-hydrogen) atoms. The Labute approximate surface area is 137 Å². The number of hydrogen-bond acceptors (Lipinski definition) is 3. The predicted octanol–water partition coefficient (Wildman–Crippen LogP) is 4.11. The molecule has 4 heteroatoms. The fourth-order valence-corrected chi connectivity index (χ4v) is 2.79. The molecule has 3 rings (SSSR count). The van der Waals surface area contributed by atoms with Crippen LogP contribution in [0.5, 0.6) is 0 Å². The number of aromatic nitrogens is 1. The van der Waals surface area contributed by atoms with Crippen LogP contribution < -0.4 is 0 Å². The van der Waals surface area contributed by atoms with Crippen molar-refractivity contribution in [3.05, 3.63) is 41.1 Å². The van der Waals surface area contributed by atoms with Gasteiger partial charge in [-0.15, -0.1) is 0 Å². The Kier molecular flexibility index (Phi) is 4.24. The number of carbonyl (C=O) groups is 1. The summed E-state index contributed by atoms with van der Waals surface area (Å²) in [7, 11) is 0. The van der Waals surface area contributed by atoms with Gasteiger partial charge in [0.05, 0.1) is 6.54 Å². The van der Waals surface area contributed by atoms with E-state index < -0.39 is 0 Å². The van der Waals surface area contributed by atoms with Crippen LogP contribution in [-0.4, -0.2) is 22.0 Å². The van der Waals surface area contributed by atoms with Gasteiger partial charge < -0.3 is 9.42 Å². The second-order valence-electron chi connectivity index (χ2n) is 6.85. The van der Waals surface area contributed by atoms with Crippen molar-refractivity contribution in [1.29, 1.82) is 0 Å². The lowest BCUT2D eigenvalue weighted by molar-refractivity contribution is -0.135. The first kappa shape index (κ1) is 15.8. The Morgan fingerprint density at radius 1 is 1.30 bits per heavy atom. The van der Waals surface area contributed by atoms with Crippen molar-refractivity contribution in [2.75, 3.05) is 0 Å². The predicted molar refractivity (Wildman–Crippen MR) is 89.8 cm³/mol. The maximum Gasteiger partial charge on any atom is 0.225 e. The Morgan fingerprint density at radius 2 is 2.04 bits per heavy atom. The van der Waals surface area contributed by atoms with Gasteiger partial charge in [0, 0.05) is 23.6 Å². The Balaban J connectivity index is 1.81. The van der Waals surface area contributed by atoms with E-state index in [1.807, 2.05) is 24.8 Å². The Bertz CT molecular complexity index is 714. The van der Waals surface area contributed by atoms with Gasteiger partial charge in [0.15, 0.2) is 5.76 Å². The van der Waals surface area contributed by atoms with Crippen molar-refractivity contribution in [2.45, 2.75) is 53.1 Å². The van der Waals surface area contributed by atoms with E-state index in [2.05, 4.69) is 37.2 Å². The van der Waals surface area contributed by atoms with Gasteiger partial charge in [-0.2, -0.15) is 0 Å². The highest BCUT2D eigenvalue weighted by atomic mass is 16.5. The molecule has 1 aromatic carbocycles. The van der Waals surface area contributed by atoms with E-state index in [1.165, 1.54) is 5.56 Å². The second kappa shape index (κ2) is 6.19. The molecule has 1 heterocycles. The Morgan fingerprint density at radius 3 is 2.70 bits per heavy atom. The maximum absolute atomic E-state index is 12.4. The molecule has 0 radical (unpaired) electrons. The summed E-state index contributed by atoms with van der Waals surface area (Å²) in [5.74, 6) is 0.985. The number of aryl methyl sites for hydroxylation is 2. The average Bonchev–Trinajstić information content (AvgIpc) is 3.25. The highest BCUT2D eigenvalue weighted by molar-refractivity contribution is 5.78. The molecule has 0 unspecified atom stereocenters. The molecule has 0 N–H and O–H groups in total. The lowest BCUT2D eigenvalue weighted by Gasteiger charge is -2.23. The quantitative estimate of drug-likeness (QED) is 0.835. The molecule has 4 nitrogen and oxygen atoms in total. The highest BCUT2D eigenvalue weighted by Crippen LogP contribution is 2.31. The summed E-state index contributed by atoms with van der Waals surface area (Å²) in [6.07, 6.45) is 2.19. The molecule has 0 spiro atoms. The molecular formula is C19H24N2O2. The molecule has 0 atom stereocenters. The molecular weight excluding hydrogens is 288 g/mol. The lowest BCUT2D eigenvalue weighted by atomic mass is 10.0. The monoisotopic (exact) mass is 312 g/mol. The van der Waals surface area contributed by atoms with Crippen LogP contribution in [0.1, 0.15) is 43.5 Å². The van der Waals surface area contributed by atoms with Crippen molar-refractivity contribution >= 4 is 5.91 Å². The summed E-state index contributed by atoms with van der Waals surface area (Å²) in [4.78, 5) is 14.3.